The van der Waals surface area contributed by atoms with Crippen molar-refractivity contribution in [2.24, 2.45) is 5.92 Å². The number of piperidine rings is 1. The summed E-state index contributed by atoms with van der Waals surface area (Å²) in [6.07, 6.45) is 7.24. The van der Waals surface area contributed by atoms with E-state index >= 15 is 0 Å². The third-order valence-electron chi connectivity index (χ3n) is 5.18. The highest BCUT2D eigenvalue weighted by Gasteiger charge is 2.34. The van der Waals surface area contributed by atoms with Gasteiger partial charge in [-0.25, -0.2) is 4.98 Å². The molecule has 0 aliphatic carbocycles. The lowest BCUT2D eigenvalue weighted by atomic mass is 9.89. The van der Waals surface area contributed by atoms with E-state index in [4.69, 9.17) is 0 Å². The molecule has 4 nitrogen and oxygen atoms in total. The van der Waals surface area contributed by atoms with Gasteiger partial charge in [0, 0.05) is 30.1 Å². The Bertz CT molecular complexity index is 667. The van der Waals surface area contributed by atoms with Crippen LogP contribution in [0.25, 0.3) is 0 Å². The molecule has 3 atom stereocenters. The number of carbonyl (C=O) groups excluding carboxylic acids is 1. The molecule has 3 unspecified atom stereocenters. The Kier molecular flexibility index (Phi) is 6.10. The molecule has 0 spiro atoms. The van der Waals surface area contributed by atoms with Crippen molar-refractivity contribution in [2.45, 2.75) is 50.2 Å². The summed E-state index contributed by atoms with van der Waals surface area (Å²) in [7, 11) is 0. The molecule has 4 rings (SSSR count). The fourth-order valence-electron chi connectivity index (χ4n) is 4.13. The first-order valence-electron chi connectivity index (χ1n) is 8.77. The highest BCUT2D eigenvalue weighted by Crippen LogP contribution is 2.33. The summed E-state index contributed by atoms with van der Waals surface area (Å²) in [6.45, 7) is 0. The van der Waals surface area contributed by atoms with Gasteiger partial charge >= 0.3 is 0 Å². The Morgan fingerprint density at radius 2 is 1.96 bits per heavy atom. The van der Waals surface area contributed by atoms with E-state index in [1.54, 1.807) is 17.5 Å². The minimum atomic E-state index is -0.142. The Morgan fingerprint density at radius 1 is 1.24 bits per heavy atom. The number of rotatable bonds is 5. The van der Waals surface area contributed by atoms with E-state index in [1.165, 1.54) is 12.8 Å². The number of fused-ring (bicyclic) bond motifs is 2. The van der Waals surface area contributed by atoms with Crippen molar-refractivity contribution in [3.63, 3.8) is 0 Å². The average molecular weight is 378 g/mol. The van der Waals surface area contributed by atoms with Crippen LogP contribution in [0.15, 0.2) is 41.9 Å². The molecule has 2 fully saturated rings. The largest absolute Gasteiger partial charge is 0.343 e. The number of nitrogens with zero attached hydrogens (tertiary/aromatic N) is 1. The van der Waals surface area contributed by atoms with E-state index in [1.807, 2.05) is 23.6 Å². The average Bonchev–Trinajstić information content (AvgIpc) is 3.23. The Morgan fingerprint density at radius 3 is 2.60 bits per heavy atom. The zero-order valence-electron chi connectivity index (χ0n) is 14.1. The number of nitrogens with one attached hydrogen (secondary N) is 2. The van der Waals surface area contributed by atoms with Crippen molar-refractivity contribution >= 4 is 29.7 Å². The lowest BCUT2D eigenvalue weighted by Crippen LogP contribution is -2.40. The summed E-state index contributed by atoms with van der Waals surface area (Å²) >= 11 is 1.59. The van der Waals surface area contributed by atoms with Crippen LogP contribution in [0.2, 0.25) is 0 Å². The van der Waals surface area contributed by atoms with Crippen LogP contribution in [-0.2, 0) is 4.79 Å². The van der Waals surface area contributed by atoms with E-state index < -0.39 is 0 Å². The van der Waals surface area contributed by atoms with Crippen LogP contribution in [0.3, 0.4) is 0 Å². The maximum absolute atomic E-state index is 12.7. The van der Waals surface area contributed by atoms with E-state index in [0.29, 0.717) is 24.4 Å². The molecular weight excluding hydrogens is 354 g/mol. The lowest BCUT2D eigenvalue weighted by molar-refractivity contribution is -0.122. The molecule has 2 aromatic rings. The highest BCUT2D eigenvalue weighted by molar-refractivity contribution is 7.09. The molecule has 2 N–H and O–H groups in total. The summed E-state index contributed by atoms with van der Waals surface area (Å²) in [5, 5.41) is 9.77. The molecule has 134 valence electrons. The van der Waals surface area contributed by atoms with Gasteiger partial charge in [-0.3, -0.25) is 4.79 Å². The number of hydrogen-bond donors (Lipinski definition) is 2. The molecule has 2 aliphatic rings. The predicted octanol–water partition coefficient (Wildman–Crippen LogP) is 3.69. The van der Waals surface area contributed by atoms with Gasteiger partial charge in [-0.05, 0) is 37.2 Å². The van der Waals surface area contributed by atoms with Crippen molar-refractivity contribution in [2.75, 3.05) is 0 Å². The van der Waals surface area contributed by atoms with E-state index in [-0.39, 0.29) is 24.4 Å². The molecule has 3 heterocycles. The van der Waals surface area contributed by atoms with Crippen LogP contribution in [0, 0.1) is 5.92 Å². The molecule has 1 amide bonds. The number of halogens is 1. The normalized spacial score (nSPS) is 25.8. The van der Waals surface area contributed by atoms with Gasteiger partial charge < -0.3 is 10.6 Å². The van der Waals surface area contributed by atoms with Crippen molar-refractivity contribution < 1.29 is 4.79 Å². The molecule has 2 saturated heterocycles. The summed E-state index contributed by atoms with van der Waals surface area (Å²) < 4.78 is 0. The zero-order valence-corrected chi connectivity index (χ0v) is 15.7. The third kappa shape index (κ3) is 4.40. The minimum absolute atomic E-state index is 0. The van der Waals surface area contributed by atoms with Gasteiger partial charge in [0.15, 0.2) is 0 Å². The van der Waals surface area contributed by atoms with Gasteiger partial charge in [0.25, 0.3) is 0 Å². The van der Waals surface area contributed by atoms with Crippen LogP contribution in [0.1, 0.15) is 48.7 Å². The van der Waals surface area contributed by atoms with E-state index in [2.05, 4.69) is 27.8 Å². The van der Waals surface area contributed by atoms with Crippen LogP contribution in [0.5, 0.6) is 0 Å². The summed E-state index contributed by atoms with van der Waals surface area (Å²) in [5.41, 5.74) is 1.09. The van der Waals surface area contributed by atoms with Gasteiger partial charge in [0.1, 0.15) is 11.0 Å². The zero-order chi connectivity index (χ0) is 16.4. The molecule has 1 aromatic heterocycles. The number of aromatic nitrogens is 1. The fourth-order valence-corrected chi connectivity index (χ4v) is 4.85. The second-order valence-electron chi connectivity index (χ2n) is 6.96. The number of hydrogen-bond acceptors (Lipinski definition) is 4. The first-order valence-corrected chi connectivity index (χ1v) is 9.65. The van der Waals surface area contributed by atoms with Crippen LogP contribution < -0.4 is 10.6 Å². The molecule has 0 saturated carbocycles. The van der Waals surface area contributed by atoms with Gasteiger partial charge in [-0.1, -0.05) is 30.3 Å². The van der Waals surface area contributed by atoms with E-state index in [9.17, 15) is 4.79 Å². The summed E-state index contributed by atoms with van der Waals surface area (Å²) in [5.74, 6) is 0.654. The number of thiazole rings is 1. The number of amides is 1. The van der Waals surface area contributed by atoms with Crippen LogP contribution >= 0.6 is 23.7 Å². The van der Waals surface area contributed by atoms with Crippen molar-refractivity contribution in [3.8, 4) is 0 Å². The fraction of sp³-hybridized carbons (Fsp3) is 0.474. The molecule has 2 aliphatic heterocycles. The van der Waals surface area contributed by atoms with Gasteiger partial charge in [-0.2, -0.15) is 0 Å². The van der Waals surface area contributed by atoms with Crippen molar-refractivity contribution in [3.05, 3.63) is 52.5 Å². The maximum atomic E-state index is 12.7. The first kappa shape index (κ1) is 18.4. The Hall–Kier alpha value is -1.43. The third-order valence-corrected chi connectivity index (χ3v) is 6.02. The highest BCUT2D eigenvalue weighted by atomic mass is 35.5. The second-order valence-corrected chi connectivity index (χ2v) is 7.89. The molecule has 0 radical (unpaired) electrons. The van der Waals surface area contributed by atoms with Gasteiger partial charge in [-0.15, -0.1) is 23.7 Å². The molecule has 6 heteroatoms. The summed E-state index contributed by atoms with van der Waals surface area (Å²) in [4.78, 5) is 17.1. The molecular formula is C19H24ClN3OS. The monoisotopic (exact) mass is 377 g/mol. The number of benzene rings is 1. The quantitative estimate of drug-likeness (QED) is 0.835. The van der Waals surface area contributed by atoms with Crippen molar-refractivity contribution in [1.82, 2.24) is 15.6 Å². The Labute approximate surface area is 158 Å². The van der Waals surface area contributed by atoms with Gasteiger partial charge in [0.2, 0.25) is 5.91 Å². The van der Waals surface area contributed by atoms with E-state index in [0.717, 1.165) is 23.4 Å². The smallest absolute Gasteiger partial charge is 0.221 e. The predicted molar refractivity (Wildman–Crippen MR) is 103 cm³/mol. The summed E-state index contributed by atoms with van der Waals surface area (Å²) in [6, 6.07) is 11.2. The van der Waals surface area contributed by atoms with Gasteiger partial charge in [0.05, 0.1) is 0 Å². The first-order chi connectivity index (χ1) is 11.8. The Balaban J connectivity index is 0.00000182. The lowest BCUT2D eigenvalue weighted by Gasteiger charge is -2.29. The second kappa shape index (κ2) is 8.30. The molecule has 2 bridgehead atoms. The van der Waals surface area contributed by atoms with Crippen LogP contribution in [0.4, 0.5) is 0 Å². The minimum Gasteiger partial charge on any atom is -0.343 e. The number of carbonyl (C=O) groups is 1. The molecule has 1 aromatic carbocycles. The van der Waals surface area contributed by atoms with Crippen molar-refractivity contribution in [1.29, 1.82) is 0 Å². The van der Waals surface area contributed by atoms with Crippen LogP contribution in [-0.4, -0.2) is 23.0 Å². The molecule has 25 heavy (non-hydrogen) atoms. The topological polar surface area (TPSA) is 54.0 Å². The SMILES string of the molecule is Cl.O=C(CC1CC2CCC(C1)N2)NC(c1ccccc1)c1nccs1. The standard InChI is InChI=1S/C19H23N3OS.ClH/c23-17(12-13-10-15-6-7-16(11-13)21-15)22-18(19-20-8-9-24-19)14-4-2-1-3-5-14;/h1-5,8-9,13,15-16,18,21H,6-7,10-12H2,(H,22,23);1H. The maximum Gasteiger partial charge on any atom is 0.221 e.